The molecule has 0 aliphatic carbocycles. The number of nitrogens with zero attached hydrogens (tertiary/aromatic N) is 1. The molecule has 0 atom stereocenters. The third-order valence-corrected chi connectivity index (χ3v) is 3.92. The largest absolute Gasteiger partial charge is 0.319 e. The van der Waals surface area contributed by atoms with Gasteiger partial charge in [-0.25, -0.2) is 0 Å². The van der Waals surface area contributed by atoms with Crippen LogP contribution in [0.5, 0.6) is 0 Å². The lowest BCUT2D eigenvalue weighted by Gasteiger charge is -2.03. The molecule has 0 saturated heterocycles. The number of hydrazone groups is 1. The number of fused-ring (bicyclic) bond motifs is 1. The zero-order chi connectivity index (χ0) is 14.1. The number of para-hydroxylation sites is 1. The van der Waals surface area contributed by atoms with E-state index in [4.69, 9.17) is 0 Å². The van der Waals surface area contributed by atoms with Crippen molar-refractivity contribution in [1.82, 2.24) is 0 Å². The number of benzene rings is 2. The fraction of sp³-hybridized carbons (Fsp3) is 0. The average Bonchev–Trinajstić information content (AvgIpc) is 2.74. The predicted octanol–water partition coefficient (Wildman–Crippen LogP) is 3.98. The molecule has 0 unspecified atom stereocenters. The van der Waals surface area contributed by atoms with E-state index in [0.29, 0.717) is 5.71 Å². The molecule has 1 amide bonds. The number of halogens is 2. The number of hydrogen-bond acceptors (Lipinski definition) is 3. The first-order chi connectivity index (χ1) is 9.65. The second kappa shape index (κ2) is 5.38. The van der Waals surface area contributed by atoms with Crippen LogP contribution >= 0.6 is 31.9 Å². The van der Waals surface area contributed by atoms with Crippen LogP contribution in [-0.4, -0.2) is 11.6 Å². The van der Waals surface area contributed by atoms with Crippen molar-refractivity contribution in [3.63, 3.8) is 0 Å². The van der Waals surface area contributed by atoms with Gasteiger partial charge in [0, 0.05) is 14.5 Å². The Bertz CT molecular complexity index is 714. The van der Waals surface area contributed by atoms with Gasteiger partial charge in [0.1, 0.15) is 0 Å². The number of amides is 1. The summed E-state index contributed by atoms with van der Waals surface area (Å²) in [6, 6.07) is 13.2. The molecule has 100 valence electrons. The summed E-state index contributed by atoms with van der Waals surface area (Å²) in [5, 5.41) is 7.01. The van der Waals surface area contributed by atoms with Crippen molar-refractivity contribution in [2.24, 2.45) is 5.10 Å². The SMILES string of the molecule is O=C1Nc2c(Br)cc(Br)cc2/C1=N/Nc1ccccc1. The molecule has 2 N–H and O–H groups in total. The van der Waals surface area contributed by atoms with E-state index in [9.17, 15) is 4.79 Å². The Kier molecular flexibility index (Phi) is 3.58. The van der Waals surface area contributed by atoms with E-state index in [1.165, 1.54) is 0 Å². The molecule has 2 aromatic rings. The fourth-order valence-corrected chi connectivity index (χ4v) is 3.25. The van der Waals surface area contributed by atoms with Crippen molar-refractivity contribution in [2.75, 3.05) is 10.7 Å². The Balaban J connectivity index is 1.98. The highest BCUT2D eigenvalue weighted by Gasteiger charge is 2.28. The molecule has 20 heavy (non-hydrogen) atoms. The first-order valence-electron chi connectivity index (χ1n) is 5.84. The molecular weight excluding hydrogens is 386 g/mol. The zero-order valence-electron chi connectivity index (χ0n) is 10.2. The van der Waals surface area contributed by atoms with Gasteiger partial charge in [-0.05, 0) is 40.2 Å². The Morgan fingerprint density at radius 2 is 1.85 bits per heavy atom. The summed E-state index contributed by atoms with van der Waals surface area (Å²) < 4.78 is 1.70. The normalized spacial score (nSPS) is 15.1. The molecule has 6 heteroatoms. The van der Waals surface area contributed by atoms with E-state index in [-0.39, 0.29) is 5.91 Å². The summed E-state index contributed by atoms with van der Waals surface area (Å²) in [5.41, 5.74) is 5.59. The predicted molar refractivity (Wildman–Crippen MR) is 87.1 cm³/mol. The van der Waals surface area contributed by atoms with Crippen molar-refractivity contribution in [3.8, 4) is 0 Å². The van der Waals surface area contributed by atoms with Crippen LogP contribution in [0.3, 0.4) is 0 Å². The fourth-order valence-electron chi connectivity index (χ4n) is 1.93. The molecule has 1 aliphatic heterocycles. The van der Waals surface area contributed by atoms with E-state index in [1.54, 1.807) is 0 Å². The third-order valence-electron chi connectivity index (χ3n) is 2.83. The van der Waals surface area contributed by atoms with Crippen molar-refractivity contribution in [3.05, 3.63) is 57.0 Å². The number of anilines is 2. The van der Waals surface area contributed by atoms with E-state index in [2.05, 4.69) is 47.7 Å². The van der Waals surface area contributed by atoms with Crippen LogP contribution in [0.1, 0.15) is 5.56 Å². The topological polar surface area (TPSA) is 53.5 Å². The Hall–Kier alpha value is -1.66. The maximum absolute atomic E-state index is 12.0. The maximum Gasteiger partial charge on any atom is 0.276 e. The monoisotopic (exact) mass is 393 g/mol. The minimum absolute atomic E-state index is 0.220. The van der Waals surface area contributed by atoms with E-state index in [0.717, 1.165) is 25.9 Å². The quantitative estimate of drug-likeness (QED) is 0.757. The van der Waals surface area contributed by atoms with Crippen LogP contribution in [0, 0.1) is 0 Å². The highest BCUT2D eigenvalue weighted by molar-refractivity contribution is 9.11. The van der Waals surface area contributed by atoms with Crippen molar-refractivity contribution in [2.45, 2.75) is 0 Å². The van der Waals surface area contributed by atoms with E-state index < -0.39 is 0 Å². The van der Waals surface area contributed by atoms with Gasteiger partial charge in [0.05, 0.1) is 11.4 Å². The van der Waals surface area contributed by atoms with Crippen LogP contribution in [0.4, 0.5) is 11.4 Å². The van der Waals surface area contributed by atoms with E-state index in [1.807, 2.05) is 42.5 Å². The number of nitrogens with one attached hydrogen (secondary N) is 2. The molecule has 4 nitrogen and oxygen atoms in total. The number of hydrogen-bond donors (Lipinski definition) is 2. The first-order valence-corrected chi connectivity index (χ1v) is 7.43. The Morgan fingerprint density at radius 1 is 1.10 bits per heavy atom. The molecule has 0 fully saturated rings. The second-order valence-corrected chi connectivity index (χ2v) is 5.97. The van der Waals surface area contributed by atoms with Gasteiger partial charge in [-0.3, -0.25) is 10.2 Å². The van der Waals surface area contributed by atoms with Crippen LogP contribution in [0.15, 0.2) is 56.5 Å². The van der Waals surface area contributed by atoms with Crippen LogP contribution in [0.2, 0.25) is 0 Å². The highest BCUT2D eigenvalue weighted by Crippen LogP contribution is 2.34. The van der Waals surface area contributed by atoms with Crippen molar-refractivity contribution in [1.29, 1.82) is 0 Å². The van der Waals surface area contributed by atoms with Gasteiger partial charge in [-0.15, -0.1) is 0 Å². The minimum atomic E-state index is -0.220. The van der Waals surface area contributed by atoms with Crippen molar-refractivity contribution >= 4 is 54.9 Å². The smallest absolute Gasteiger partial charge is 0.276 e. The van der Waals surface area contributed by atoms with Gasteiger partial charge < -0.3 is 5.32 Å². The van der Waals surface area contributed by atoms with Crippen LogP contribution < -0.4 is 10.7 Å². The van der Waals surface area contributed by atoms with Gasteiger partial charge in [-0.2, -0.15) is 5.10 Å². The Labute approximate surface area is 132 Å². The lowest BCUT2D eigenvalue weighted by molar-refractivity contribution is -0.110. The number of carbonyl (C=O) groups is 1. The van der Waals surface area contributed by atoms with Gasteiger partial charge in [-0.1, -0.05) is 34.1 Å². The molecular formula is C14H9Br2N3O. The first kappa shape index (κ1) is 13.3. The number of carbonyl (C=O) groups excluding carboxylic acids is 1. The van der Waals surface area contributed by atoms with Gasteiger partial charge in [0.15, 0.2) is 5.71 Å². The summed E-state index contributed by atoms with van der Waals surface area (Å²) in [5.74, 6) is -0.220. The molecule has 0 radical (unpaired) electrons. The summed E-state index contributed by atoms with van der Waals surface area (Å²) in [6.45, 7) is 0. The Morgan fingerprint density at radius 3 is 2.60 bits per heavy atom. The molecule has 3 rings (SSSR count). The second-order valence-electron chi connectivity index (χ2n) is 4.20. The molecule has 1 heterocycles. The molecule has 1 aliphatic rings. The van der Waals surface area contributed by atoms with Crippen molar-refractivity contribution < 1.29 is 4.79 Å². The summed E-state index contributed by atoms with van der Waals surface area (Å²) >= 11 is 6.84. The lowest BCUT2D eigenvalue weighted by Crippen LogP contribution is -2.15. The molecule has 0 saturated carbocycles. The summed E-state index contributed by atoms with van der Waals surface area (Å²) in [6.07, 6.45) is 0. The zero-order valence-corrected chi connectivity index (χ0v) is 13.3. The summed E-state index contributed by atoms with van der Waals surface area (Å²) in [4.78, 5) is 12.0. The van der Waals surface area contributed by atoms with E-state index >= 15 is 0 Å². The highest BCUT2D eigenvalue weighted by atomic mass is 79.9. The van der Waals surface area contributed by atoms with Gasteiger partial charge in [0.2, 0.25) is 0 Å². The van der Waals surface area contributed by atoms with Gasteiger partial charge in [0.25, 0.3) is 5.91 Å². The maximum atomic E-state index is 12.0. The molecule has 2 aromatic carbocycles. The molecule has 0 aromatic heterocycles. The van der Waals surface area contributed by atoms with Crippen LogP contribution in [-0.2, 0) is 4.79 Å². The lowest BCUT2D eigenvalue weighted by atomic mass is 10.1. The number of rotatable bonds is 2. The van der Waals surface area contributed by atoms with Crippen LogP contribution in [0.25, 0.3) is 0 Å². The molecule has 0 bridgehead atoms. The third kappa shape index (κ3) is 2.48. The minimum Gasteiger partial charge on any atom is -0.319 e. The molecule has 0 spiro atoms. The summed E-state index contributed by atoms with van der Waals surface area (Å²) in [7, 11) is 0. The standard InChI is InChI=1S/C14H9Br2N3O/c15-8-6-10-12(11(16)7-8)17-14(20)13(10)19-18-9-4-2-1-3-5-9/h1-7,18H,(H,17,19,20). The average molecular weight is 395 g/mol. The van der Waals surface area contributed by atoms with Gasteiger partial charge >= 0.3 is 0 Å².